The molecule has 2 rings (SSSR count). The molecular weight excluding hydrogens is 326 g/mol. The lowest BCUT2D eigenvalue weighted by Gasteiger charge is -2.38. The average Bonchev–Trinajstić information content (AvgIpc) is 2.71. The van der Waals surface area contributed by atoms with Gasteiger partial charge in [0.15, 0.2) is 0 Å². The van der Waals surface area contributed by atoms with Crippen molar-refractivity contribution in [1.29, 1.82) is 0 Å². The van der Waals surface area contributed by atoms with Gasteiger partial charge in [0.1, 0.15) is 17.1 Å². The van der Waals surface area contributed by atoms with Crippen LogP contribution in [-0.2, 0) is 14.9 Å². The van der Waals surface area contributed by atoms with Crippen molar-refractivity contribution >= 4 is 5.91 Å². The zero-order valence-electron chi connectivity index (χ0n) is 15.8. The van der Waals surface area contributed by atoms with Crippen LogP contribution in [0.15, 0.2) is 66.2 Å². The van der Waals surface area contributed by atoms with Gasteiger partial charge in [-0.25, -0.2) is 0 Å². The van der Waals surface area contributed by atoms with E-state index in [4.69, 9.17) is 4.74 Å². The summed E-state index contributed by atoms with van der Waals surface area (Å²) in [7, 11) is 1.48. The number of carbonyl (C=O) groups is 1. The van der Waals surface area contributed by atoms with E-state index in [0.29, 0.717) is 12.3 Å². The van der Waals surface area contributed by atoms with Crippen LogP contribution in [0.3, 0.4) is 0 Å². The highest BCUT2D eigenvalue weighted by molar-refractivity contribution is 5.98. The Morgan fingerprint density at radius 2 is 1.92 bits per heavy atom. The minimum Gasteiger partial charge on any atom is -0.507 e. The SMILES string of the molecule is C=C/C(O)=C(C(=O)NCC1(c2ccccc2)CCCCC1)\C(=C/C)OC. The van der Waals surface area contributed by atoms with Crippen molar-refractivity contribution < 1.29 is 14.6 Å². The number of aliphatic hydroxyl groups excluding tert-OH is 1. The molecule has 2 N–H and O–H groups in total. The molecule has 0 radical (unpaired) electrons. The van der Waals surface area contributed by atoms with Gasteiger partial charge < -0.3 is 15.2 Å². The predicted octanol–water partition coefficient (Wildman–Crippen LogP) is 4.55. The van der Waals surface area contributed by atoms with Crippen molar-refractivity contribution in [3.8, 4) is 0 Å². The van der Waals surface area contributed by atoms with Crippen molar-refractivity contribution in [1.82, 2.24) is 5.32 Å². The maximum absolute atomic E-state index is 12.8. The summed E-state index contributed by atoms with van der Waals surface area (Å²) in [4.78, 5) is 12.8. The summed E-state index contributed by atoms with van der Waals surface area (Å²) in [6, 6.07) is 10.4. The molecule has 4 heteroatoms. The van der Waals surface area contributed by atoms with Gasteiger partial charge in [-0.3, -0.25) is 4.79 Å². The molecule has 140 valence electrons. The molecule has 4 nitrogen and oxygen atoms in total. The molecule has 0 bridgehead atoms. The van der Waals surface area contributed by atoms with E-state index in [9.17, 15) is 9.90 Å². The lowest BCUT2D eigenvalue weighted by atomic mass is 9.69. The van der Waals surface area contributed by atoms with Crippen LogP contribution in [0.5, 0.6) is 0 Å². The Bertz CT molecular complexity index is 683. The van der Waals surface area contributed by atoms with Gasteiger partial charge >= 0.3 is 0 Å². The molecular formula is C22H29NO3. The van der Waals surface area contributed by atoms with E-state index in [1.165, 1.54) is 25.2 Å². The van der Waals surface area contributed by atoms with Crippen molar-refractivity contribution in [2.75, 3.05) is 13.7 Å². The standard InChI is InChI=1S/C22H29NO3/c1-4-18(24)20(19(5-2)26-3)21(25)23-16-22(14-10-7-11-15-22)17-12-8-6-9-13-17/h4-6,8-9,12-13,24H,1,7,10-11,14-16H2,2-3H3,(H,23,25)/b19-5+,20-18-. The third-order valence-corrected chi connectivity index (χ3v) is 5.19. The highest BCUT2D eigenvalue weighted by atomic mass is 16.5. The molecule has 1 aliphatic carbocycles. The maximum atomic E-state index is 12.8. The predicted molar refractivity (Wildman–Crippen MR) is 105 cm³/mol. The third kappa shape index (κ3) is 4.37. The summed E-state index contributed by atoms with van der Waals surface area (Å²) in [5.74, 6) is -0.203. The average molecular weight is 355 g/mol. The second-order valence-electron chi connectivity index (χ2n) is 6.71. The van der Waals surface area contributed by atoms with Crippen LogP contribution < -0.4 is 5.32 Å². The van der Waals surface area contributed by atoms with E-state index in [2.05, 4.69) is 24.0 Å². The first kappa shape index (κ1) is 19.8. The molecule has 0 aromatic heterocycles. The summed E-state index contributed by atoms with van der Waals surface area (Å²) >= 11 is 0. The molecule has 26 heavy (non-hydrogen) atoms. The normalized spacial score (nSPS) is 17.8. The number of hydrogen-bond donors (Lipinski definition) is 2. The van der Waals surface area contributed by atoms with Gasteiger partial charge in [-0.2, -0.15) is 0 Å². The maximum Gasteiger partial charge on any atom is 0.258 e. The Balaban J connectivity index is 2.25. The minimum atomic E-state index is -0.349. The molecule has 1 amide bonds. The zero-order chi connectivity index (χ0) is 19.0. The second-order valence-corrected chi connectivity index (χ2v) is 6.71. The van der Waals surface area contributed by atoms with Gasteiger partial charge in [0, 0.05) is 12.0 Å². The smallest absolute Gasteiger partial charge is 0.258 e. The van der Waals surface area contributed by atoms with Crippen molar-refractivity contribution in [2.24, 2.45) is 0 Å². The number of nitrogens with one attached hydrogen (secondary N) is 1. The number of allylic oxidation sites excluding steroid dienone is 2. The summed E-state index contributed by atoms with van der Waals surface area (Å²) in [5, 5.41) is 13.1. The first-order valence-electron chi connectivity index (χ1n) is 9.18. The molecule has 0 unspecified atom stereocenters. The van der Waals surface area contributed by atoms with Crippen LogP contribution in [0.25, 0.3) is 0 Å². The first-order valence-corrected chi connectivity index (χ1v) is 9.18. The molecule has 0 saturated heterocycles. The molecule has 1 aromatic rings. The molecule has 1 aliphatic rings. The van der Waals surface area contributed by atoms with Crippen LogP contribution >= 0.6 is 0 Å². The van der Waals surface area contributed by atoms with Gasteiger partial charge in [0.05, 0.1) is 7.11 Å². The number of hydrogen-bond acceptors (Lipinski definition) is 3. The third-order valence-electron chi connectivity index (χ3n) is 5.19. The number of carbonyl (C=O) groups excluding carboxylic acids is 1. The number of ether oxygens (including phenoxy) is 1. The van der Waals surface area contributed by atoms with Crippen molar-refractivity contribution in [3.63, 3.8) is 0 Å². The molecule has 0 spiro atoms. The Kier molecular flexibility index (Phi) is 7.07. The van der Waals surface area contributed by atoms with Gasteiger partial charge in [-0.1, -0.05) is 56.2 Å². The Hall–Kier alpha value is -2.49. The van der Waals surface area contributed by atoms with Crippen molar-refractivity contribution in [3.05, 3.63) is 71.7 Å². The van der Waals surface area contributed by atoms with Gasteiger partial charge in [0.25, 0.3) is 5.91 Å². The molecule has 0 heterocycles. The summed E-state index contributed by atoms with van der Waals surface area (Å²) in [6.07, 6.45) is 8.55. The topological polar surface area (TPSA) is 58.6 Å². The van der Waals surface area contributed by atoms with Gasteiger partial charge in [-0.05, 0) is 37.5 Å². The lowest BCUT2D eigenvalue weighted by Crippen LogP contribution is -2.43. The summed E-state index contributed by atoms with van der Waals surface area (Å²) in [5.41, 5.74) is 1.31. The van der Waals surface area contributed by atoms with E-state index >= 15 is 0 Å². The Morgan fingerprint density at radius 3 is 2.46 bits per heavy atom. The second kappa shape index (κ2) is 9.27. The first-order chi connectivity index (χ1) is 12.6. The van der Waals surface area contributed by atoms with Crippen molar-refractivity contribution in [2.45, 2.75) is 44.4 Å². The fourth-order valence-corrected chi connectivity index (χ4v) is 3.75. The van der Waals surface area contributed by atoms with Crippen LogP contribution in [0.4, 0.5) is 0 Å². The highest BCUT2D eigenvalue weighted by Crippen LogP contribution is 2.39. The molecule has 1 aromatic carbocycles. The number of aliphatic hydroxyl groups is 1. The monoisotopic (exact) mass is 355 g/mol. The van der Waals surface area contributed by atoms with Crippen LogP contribution in [0.2, 0.25) is 0 Å². The summed E-state index contributed by atoms with van der Waals surface area (Å²) < 4.78 is 5.24. The van der Waals surface area contributed by atoms with E-state index in [0.717, 1.165) is 25.7 Å². The van der Waals surface area contributed by atoms with Gasteiger partial charge in [-0.15, -0.1) is 0 Å². The minimum absolute atomic E-state index is 0.0623. The summed E-state index contributed by atoms with van der Waals surface area (Å²) in [6.45, 7) is 5.85. The Morgan fingerprint density at radius 1 is 1.27 bits per heavy atom. The van der Waals surface area contributed by atoms with Gasteiger partial charge in [0.2, 0.25) is 0 Å². The number of methoxy groups -OCH3 is 1. The molecule has 1 fully saturated rings. The molecule has 0 atom stereocenters. The fraction of sp³-hybridized carbons (Fsp3) is 0.409. The fourth-order valence-electron chi connectivity index (χ4n) is 3.75. The molecule has 0 aliphatic heterocycles. The largest absolute Gasteiger partial charge is 0.507 e. The number of amides is 1. The number of benzene rings is 1. The molecule has 1 saturated carbocycles. The van der Waals surface area contributed by atoms with E-state index in [1.54, 1.807) is 13.0 Å². The van der Waals surface area contributed by atoms with Crippen LogP contribution in [0.1, 0.15) is 44.6 Å². The highest BCUT2D eigenvalue weighted by Gasteiger charge is 2.34. The quantitative estimate of drug-likeness (QED) is 0.428. The van der Waals surface area contributed by atoms with Crippen LogP contribution in [0, 0.1) is 0 Å². The zero-order valence-corrected chi connectivity index (χ0v) is 15.8. The lowest BCUT2D eigenvalue weighted by molar-refractivity contribution is -0.118. The Labute approximate surface area is 156 Å². The van der Waals surface area contributed by atoms with E-state index in [1.807, 2.05) is 18.2 Å². The van der Waals surface area contributed by atoms with Crippen LogP contribution in [-0.4, -0.2) is 24.7 Å². The van der Waals surface area contributed by atoms with E-state index < -0.39 is 0 Å². The van der Waals surface area contributed by atoms with E-state index in [-0.39, 0.29) is 22.7 Å². The number of rotatable bonds is 7.